The number of hydrogen-bond donors (Lipinski definition) is 0. The molecule has 0 N–H and O–H groups in total. The van der Waals surface area contributed by atoms with Crippen LogP contribution in [0.1, 0.15) is 36.7 Å². The first kappa shape index (κ1) is 11.8. The largest absolute Gasteiger partial charge is 0.493 e. The molecule has 15 heavy (non-hydrogen) atoms. The Balaban J connectivity index is 2.91. The Morgan fingerprint density at radius 2 is 2.07 bits per heavy atom. The van der Waals surface area contributed by atoms with Gasteiger partial charge in [-0.25, -0.2) is 0 Å². The zero-order chi connectivity index (χ0) is 11.4. The van der Waals surface area contributed by atoms with E-state index in [0.717, 1.165) is 5.56 Å². The van der Waals surface area contributed by atoms with Crippen LogP contribution in [0.15, 0.2) is 18.2 Å². The molecule has 0 aromatic heterocycles. The SMILES string of the molecule is CC(=O)c1cc(C)ccc1OCC(C)C. The van der Waals surface area contributed by atoms with E-state index in [0.29, 0.717) is 23.8 Å². The highest BCUT2D eigenvalue weighted by Gasteiger charge is 2.08. The molecule has 2 heteroatoms. The van der Waals surface area contributed by atoms with Gasteiger partial charge in [-0.1, -0.05) is 25.5 Å². The van der Waals surface area contributed by atoms with Crippen LogP contribution < -0.4 is 4.74 Å². The Morgan fingerprint density at radius 3 is 2.60 bits per heavy atom. The molecule has 0 radical (unpaired) electrons. The number of carbonyl (C=O) groups excluding carboxylic acids is 1. The van der Waals surface area contributed by atoms with E-state index >= 15 is 0 Å². The van der Waals surface area contributed by atoms with E-state index in [4.69, 9.17) is 4.74 Å². The van der Waals surface area contributed by atoms with Crippen LogP contribution in [0, 0.1) is 12.8 Å². The van der Waals surface area contributed by atoms with Crippen molar-refractivity contribution >= 4 is 5.78 Å². The summed E-state index contributed by atoms with van der Waals surface area (Å²) in [5, 5.41) is 0. The van der Waals surface area contributed by atoms with Crippen LogP contribution in [-0.4, -0.2) is 12.4 Å². The highest BCUT2D eigenvalue weighted by Crippen LogP contribution is 2.21. The molecule has 2 nitrogen and oxygen atoms in total. The van der Waals surface area contributed by atoms with Crippen LogP contribution >= 0.6 is 0 Å². The van der Waals surface area contributed by atoms with E-state index < -0.39 is 0 Å². The molecule has 0 amide bonds. The van der Waals surface area contributed by atoms with Gasteiger partial charge in [-0.2, -0.15) is 0 Å². The third-order valence-corrected chi connectivity index (χ3v) is 2.09. The van der Waals surface area contributed by atoms with Gasteiger partial charge in [0.1, 0.15) is 5.75 Å². The fourth-order valence-corrected chi connectivity index (χ4v) is 1.30. The Morgan fingerprint density at radius 1 is 1.40 bits per heavy atom. The Labute approximate surface area is 91.3 Å². The first-order valence-electron chi connectivity index (χ1n) is 5.25. The van der Waals surface area contributed by atoms with Gasteiger partial charge in [0.2, 0.25) is 0 Å². The normalized spacial score (nSPS) is 10.5. The Bertz CT molecular complexity index is 354. The number of Topliss-reactive ketones (excluding diaryl/α,β-unsaturated/α-hetero) is 1. The van der Waals surface area contributed by atoms with E-state index in [1.807, 2.05) is 25.1 Å². The highest BCUT2D eigenvalue weighted by atomic mass is 16.5. The lowest BCUT2D eigenvalue weighted by Gasteiger charge is -2.12. The minimum absolute atomic E-state index is 0.0532. The molecule has 0 saturated heterocycles. The molecule has 1 aromatic carbocycles. The zero-order valence-electron chi connectivity index (χ0n) is 9.83. The van der Waals surface area contributed by atoms with Crippen molar-refractivity contribution < 1.29 is 9.53 Å². The highest BCUT2D eigenvalue weighted by molar-refractivity contribution is 5.97. The molecule has 0 saturated carbocycles. The number of ketones is 1. The first-order valence-corrected chi connectivity index (χ1v) is 5.25. The summed E-state index contributed by atoms with van der Waals surface area (Å²) < 4.78 is 5.59. The molecular weight excluding hydrogens is 188 g/mol. The molecule has 0 atom stereocenters. The third-order valence-electron chi connectivity index (χ3n) is 2.09. The summed E-state index contributed by atoms with van der Waals surface area (Å²) in [4.78, 5) is 11.4. The predicted molar refractivity (Wildman–Crippen MR) is 61.5 cm³/mol. The van der Waals surface area contributed by atoms with Gasteiger partial charge in [0.15, 0.2) is 5.78 Å². The van der Waals surface area contributed by atoms with Crippen molar-refractivity contribution in [3.8, 4) is 5.75 Å². The Hall–Kier alpha value is -1.31. The van der Waals surface area contributed by atoms with Gasteiger partial charge in [-0.15, -0.1) is 0 Å². The summed E-state index contributed by atoms with van der Waals surface area (Å²) in [6.07, 6.45) is 0. The van der Waals surface area contributed by atoms with Crippen molar-refractivity contribution in [2.75, 3.05) is 6.61 Å². The topological polar surface area (TPSA) is 26.3 Å². The van der Waals surface area contributed by atoms with Crippen LogP contribution in [0.25, 0.3) is 0 Å². The fourth-order valence-electron chi connectivity index (χ4n) is 1.30. The maximum atomic E-state index is 11.4. The molecule has 0 heterocycles. The fraction of sp³-hybridized carbons (Fsp3) is 0.462. The van der Waals surface area contributed by atoms with Gasteiger partial charge in [0.25, 0.3) is 0 Å². The van der Waals surface area contributed by atoms with Gasteiger partial charge < -0.3 is 4.74 Å². The summed E-state index contributed by atoms with van der Waals surface area (Å²) >= 11 is 0. The number of benzene rings is 1. The summed E-state index contributed by atoms with van der Waals surface area (Å²) in [5.74, 6) is 1.21. The predicted octanol–water partition coefficient (Wildman–Crippen LogP) is 3.23. The number of ether oxygens (including phenoxy) is 1. The summed E-state index contributed by atoms with van der Waals surface area (Å²) in [6.45, 7) is 8.35. The molecule has 0 aliphatic rings. The van der Waals surface area contributed by atoms with E-state index in [9.17, 15) is 4.79 Å². The maximum absolute atomic E-state index is 11.4. The van der Waals surface area contributed by atoms with E-state index in [1.54, 1.807) is 6.92 Å². The molecule has 0 spiro atoms. The lowest BCUT2D eigenvalue weighted by atomic mass is 10.1. The minimum atomic E-state index is 0.0532. The van der Waals surface area contributed by atoms with E-state index in [-0.39, 0.29) is 5.78 Å². The van der Waals surface area contributed by atoms with Crippen LogP contribution in [-0.2, 0) is 0 Å². The summed E-state index contributed by atoms with van der Waals surface area (Å²) in [5.41, 5.74) is 1.76. The van der Waals surface area contributed by atoms with E-state index in [2.05, 4.69) is 13.8 Å². The van der Waals surface area contributed by atoms with Crippen molar-refractivity contribution in [1.82, 2.24) is 0 Å². The number of rotatable bonds is 4. The standard InChI is InChI=1S/C13H18O2/c1-9(2)8-15-13-6-5-10(3)7-12(13)11(4)14/h5-7,9H,8H2,1-4H3. The minimum Gasteiger partial charge on any atom is -0.493 e. The van der Waals surface area contributed by atoms with Crippen LogP contribution in [0.4, 0.5) is 0 Å². The quantitative estimate of drug-likeness (QED) is 0.707. The van der Waals surface area contributed by atoms with Gasteiger partial charge in [0, 0.05) is 0 Å². The number of hydrogen-bond acceptors (Lipinski definition) is 2. The van der Waals surface area contributed by atoms with Crippen molar-refractivity contribution in [1.29, 1.82) is 0 Å². The molecule has 0 aliphatic heterocycles. The van der Waals surface area contributed by atoms with Crippen molar-refractivity contribution in [2.24, 2.45) is 5.92 Å². The van der Waals surface area contributed by atoms with Gasteiger partial charge >= 0.3 is 0 Å². The third kappa shape index (κ3) is 3.39. The number of carbonyl (C=O) groups is 1. The summed E-state index contributed by atoms with van der Waals surface area (Å²) in [6, 6.07) is 5.70. The average molecular weight is 206 g/mol. The van der Waals surface area contributed by atoms with Crippen molar-refractivity contribution in [2.45, 2.75) is 27.7 Å². The first-order chi connectivity index (χ1) is 7.00. The second-order valence-electron chi connectivity index (χ2n) is 4.26. The molecule has 1 aromatic rings. The van der Waals surface area contributed by atoms with Crippen LogP contribution in [0.3, 0.4) is 0 Å². The van der Waals surface area contributed by atoms with Crippen molar-refractivity contribution in [3.63, 3.8) is 0 Å². The maximum Gasteiger partial charge on any atom is 0.163 e. The average Bonchev–Trinajstić information content (AvgIpc) is 2.15. The second-order valence-corrected chi connectivity index (χ2v) is 4.26. The molecule has 0 unspecified atom stereocenters. The monoisotopic (exact) mass is 206 g/mol. The van der Waals surface area contributed by atoms with Gasteiger partial charge in [0.05, 0.1) is 12.2 Å². The van der Waals surface area contributed by atoms with Crippen LogP contribution in [0.2, 0.25) is 0 Å². The van der Waals surface area contributed by atoms with Crippen molar-refractivity contribution in [3.05, 3.63) is 29.3 Å². The Kier molecular flexibility index (Phi) is 3.89. The van der Waals surface area contributed by atoms with Crippen LogP contribution in [0.5, 0.6) is 5.75 Å². The molecule has 82 valence electrons. The zero-order valence-corrected chi connectivity index (χ0v) is 9.83. The number of aryl methyl sites for hydroxylation is 1. The lowest BCUT2D eigenvalue weighted by Crippen LogP contribution is -2.07. The van der Waals surface area contributed by atoms with Gasteiger partial charge in [-0.05, 0) is 31.9 Å². The molecule has 0 aliphatic carbocycles. The second kappa shape index (κ2) is 4.96. The van der Waals surface area contributed by atoms with E-state index in [1.165, 1.54) is 0 Å². The molecule has 1 rings (SSSR count). The smallest absolute Gasteiger partial charge is 0.163 e. The summed E-state index contributed by atoms with van der Waals surface area (Å²) in [7, 11) is 0. The van der Waals surface area contributed by atoms with Gasteiger partial charge in [-0.3, -0.25) is 4.79 Å². The molecular formula is C13H18O2. The lowest BCUT2D eigenvalue weighted by molar-refractivity contribution is 0.101. The molecule has 0 bridgehead atoms. The molecule has 0 fully saturated rings.